The molecule has 0 spiro atoms. The number of nitrogens with one attached hydrogen (secondary N) is 1. The molecule has 0 saturated heterocycles. The maximum absolute atomic E-state index is 8.67. The van der Waals surface area contributed by atoms with Gasteiger partial charge in [-0.3, -0.25) is 0 Å². The fourth-order valence-corrected chi connectivity index (χ4v) is 2.31. The monoisotopic (exact) mass is 257 g/mol. The number of hydrogen-bond donors (Lipinski definition) is 1. The van der Waals surface area contributed by atoms with Crippen molar-refractivity contribution in [3.05, 3.63) is 34.0 Å². The molecule has 5 nitrogen and oxygen atoms in total. The van der Waals surface area contributed by atoms with Crippen molar-refractivity contribution in [2.75, 3.05) is 5.32 Å². The molecular weight excluding hydrogens is 246 g/mol. The van der Waals surface area contributed by atoms with Crippen molar-refractivity contribution < 1.29 is 0 Å². The number of anilines is 1. The summed E-state index contributed by atoms with van der Waals surface area (Å²) in [5.74, 6) is 1.28. The van der Waals surface area contributed by atoms with E-state index in [4.69, 9.17) is 5.26 Å². The van der Waals surface area contributed by atoms with Gasteiger partial charge in [0.2, 0.25) is 5.95 Å². The maximum Gasteiger partial charge on any atom is 0.222 e. The second-order valence-electron chi connectivity index (χ2n) is 4.21. The molecule has 0 radical (unpaired) electrons. The zero-order valence-electron chi connectivity index (χ0n) is 9.63. The SMILES string of the molecule is N#Cc1csc(CNc2ncc(C3CC3)cn2)n1. The molecule has 1 saturated carbocycles. The minimum atomic E-state index is 0.460. The first kappa shape index (κ1) is 11.1. The Morgan fingerprint density at radius 2 is 2.17 bits per heavy atom. The Hall–Kier alpha value is -2.00. The van der Waals surface area contributed by atoms with Gasteiger partial charge in [-0.2, -0.15) is 5.26 Å². The molecule has 3 rings (SSSR count). The Morgan fingerprint density at radius 1 is 1.39 bits per heavy atom. The molecule has 0 aromatic carbocycles. The van der Waals surface area contributed by atoms with Gasteiger partial charge >= 0.3 is 0 Å². The quantitative estimate of drug-likeness (QED) is 0.909. The molecule has 1 N–H and O–H groups in total. The van der Waals surface area contributed by atoms with E-state index in [1.807, 2.05) is 18.5 Å². The van der Waals surface area contributed by atoms with Crippen molar-refractivity contribution in [3.8, 4) is 6.07 Å². The van der Waals surface area contributed by atoms with Crippen LogP contribution in [0.5, 0.6) is 0 Å². The van der Waals surface area contributed by atoms with Crippen LogP contribution in [0.25, 0.3) is 0 Å². The molecule has 18 heavy (non-hydrogen) atoms. The van der Waals surface area contributed by atoms with Crippen LogP contribution in [0.4, 0.5) is 5.95 Å². The summed E-state index contributed by atoms with van der Waals surface area (Å²) < 4.78 is 0. The summed E-state index contributed by atoms with van der Waals surface area (Å²) in [6.07, 6.45) is 6.28. The van der Waals surface area contributed by atoms with Gasteiger partial charge in [0.05, 0.1) is 6.54 Å². The second-order valence-corrected chi connectivity index (χ2v) is 5.15. The topological polar surface area (TPSA) is 74.5 Å². The van der Waals surface area contributed by atoms with Gasteiger partial charge < -0.3 is 5.32 Å². The summed E-state index contributed by atoms with van der Waals surface area (Å²) in [6, 6.07) is 2.01. The Balaban J connectivity index is 1.60. The number of rotatable bonds is 4. The highest BCUT2D eigenvalue weighted by atomic mass is 32.1. The Kier molecular flexibility index (Phi) is 2.90. The normalized spacial score (nSPS) is 14.2. The van der Waals surface area contributed by atoms with Crippen LogP contribution in [0.1, 0.15) is 35.0 Å². The lowest BCUT2D eigenvalue weighted by atomic mass is 10.2. The first-order valence-corrected chi connectivity index (χ1v) is 6.63. The lowest BCUT2D eigenvalue weighted by Crippen LogP contribution is -2.03. The summed E-state index contributed by atoms with van der Waals surface area (Å²) >= 11 is 1.46. The zero-order valence-corrected chi connectivity index (χ0v) is 10.4. The molecule has 2 heterocycles. The number of nitrogens with zero attached hydrogens (tertiary/aromatic N) is 4. The van der Waals surface area contributed by atoms with Crippen molar-refractivity contribution in [2.24, 2.45) is 0 Å². The van der Waals surface area contributed by atoms with Crippen molar-refractivity contribution in [3.63, 3.8) is 0 Å². The Labute approximate surface area is 109 Å². The highest BCUT2D eigenvalue weighted by molar-refractivity contribution is 7.09. The van der Waals surface area contributed by atoms with Gasteiger partial charge in [0.15, 0.2) is 5.69 Å². The van der Waals surface area contributed by atoms with Crippen LogP contribution in [0.15, 0.2) is 17.8 Å². The lowest BCUT2D eigenvalue weighted by Gasteiger charge is -2.02. The van der Waals surface area contributed by atoms with Crippen molar-refractivity contribution >= 4 is 17.3 Å². The van der Waals surface area contributed by atoms with Crippen LogP contribution in [0.3, 0.4) is 0 Å². The van der Waals surface area contributed by atoms with E-state index in [1.165, 1.54) is 29.7 Å². The van der Waals surface area contributed by atoms with Crippen LogP contribution in [0.2, 0.25) is 0 Å². The molecule has 1 aliphatic rings. The average Bonchev–Trinajstić information content (AvgIpc) is 3.16. The van der Waals surface area contributed by atoms with Gasteiger partial charge in [-0.25, -0.2) is 15.0 Å². The molecule has 6 heteroatoms. The molecule has 0 aliphatic heterocycles. The molecule has 1 aliphatic carbocycles. The van der Waals surface area contributed by atoms with Crippen LogP contribution < -0.4 is 5.32 Å². The van der Waals surface area contributed by atoms with E-state index in [9.17, 15) is 0 Å². The molecule has 0 amide bonds. The largest absolute Gasteiger partial charge is 0.348 e. The molecular formula is C12H11N5S. The van der Waals surface area contributed by atoms with Gasteiger partial charge in [-0.1, -0.05) is 0 Å². The highest BCUT2D eigenvalue weighted by Crippen LogP contribution is 2.39. The minimum Gasteiger partial charge on any atom is -0.348 e. The van der Waals surface area contributed by atoms with E-state index < -0.39 is 0 Å². The highest BCUT2D eigenvalue weighted by Gasteiger charge is 2.23. The van der Waals surface area contributed by atoms with E-state index in [2.05, 4.69) is 20.3 Å². The molecule has 0 atom stereocenters. The summed E-state index contributed by atoms with van der Waals surface area (Å²) in [5, 5.41) is 14.4. The first-order valence-electron chi connectivity index (χ1n) is 5.75. The van der Waals surface area contributed by atoms with Gasteiger partial charge in [0, 0.05) is 17.8 Å². The van der Waals surface area contributed by atoms with Crippen molar-refractivity contribution in [2.45, 2.75) is 25.3 Å². The minimum absolute atomic E-state index is 0.460. The smallest absolute Gasteiger partial charge is 0.222 e. The fourth-order valence-electron chi connectivity index (χ4n) is 1.65. The van der Waals surface area contributed by atoms with Gasteiger partial charge in [0.1, 0.15) is 11.1 Å². The van der Waals surface area contributed by atoms with Crippen LogP contribution in [0, 0.1) is 11.3 Å². The predicted molar refractivity (Wildman–Crippen MR) is 68.2 cm³/mol. The third-order valence-corrected chi connectivity index (χ3v) is 3.63. The van der Waals surface area contributed by atoms with Gasteiger partial charge in [0.25, 0.3) is 0 Å². The molecule has 1 fully saturated rings. The summed E-state index contributed by atoms with van der Waals surface area (Å²) in [4.78, 5) is 12.7. The standard InChI is InChI=1S/C12H11N5S/c13-3-10-7-18-11(17-10)6-16-12-14-4-9(5-15-12)8-1-2-8/h4-5,7-8H,1-2,6H2,(H,14,15,16). The zero-order chi connectivity index (χ0) is 12.4. The predicted octanol–water partition coefficient (Wildman–Crippen LogP) is 2.29. The van der Waals surface area contributed by atoms with E-state index in [0.717, 1.165) is 5.01 Å². The molecule has 0 bridgehead atoms. The second kappa shape index (κ2) is 4.70. The molecule has 2 aromatic rings. The van der Waals surface area contributed by atoms with E-state index >= 15 is 0 Å². The third kappa shape index (κ3) is 2.46. The van der Waals surface area contributed by atoms with Crippen LogP contribution in [-0.2, 0) is 6.54 Å². The first-order chi connectivity index (χ1) is 8.85. The summed E-state index contributed by atoms with van der Waals surface area (Å²) in [6.45, 7) is 0.551. The Morgan fingerprint density at radius 3 is 2.78 bits per heavy atom. The molecule has 2 aromatic heterocycles. The van der Waals surface area contributed by atoms with Crippen LogP contribution in [-0.4, -0.2) is 15.0 Å². The maximum atomic E-state index is 8.67. The summed E-state index contributed by atoms with van der Waals surface area (Å²) in [5.41, 5.74) is 1.68. The van der Waals surface area contributed by atoms with E-state index in [1.54, 1.807) is 5.38 Å². The van der Waals surface area contributed by atoms with E-state index in [0.29, 0.717) is 24.1 Å². The average molecular weight is 257 g/mol. The van der Waals surface area contributed by atoms with Crippen LogP contribution >= 0.6 is 11.3 Å². The molecule has 90 valence electrons. The van der Waals surface area contributed by atoms with Gasteiger partial charge in [-0.05, 0) is 24.3 Å². The summed E-state index contributed by atoms with van der Waals surface area (Å²) in [7, 11) is 0. The van der Waals surface area contributed by atoms with E-state index in [-0.39, 0.29) is 0 Å². The third-order valence-electron chi connectivity index (χ3n) is 2.78. The number of thiazole rings is 1. The number of hydrogen-bond acceptors (Lipinski definition) is 6. The van der Waals surface area contributed by atoms with Crippen molar-refractivity contribution in [1.82, 2.24) is 15.0 Å². The number of nitriles is 1. The number of aromatic nitrogens is 3. The molecule has 0 unspecified atom stereocenters. The van der Waals surface area contributed by atoms with Crippen molar-refractivity contribution in [1.29, 1.82) is 5.26 Å². The van der Waals surface area contributed by atoms with Gasteiger partial charge in [-0.15, -0.1) is 11.3 Å². The lowest BCUT2D eigenvalue weighted by molar-refractivity contribution is 0.995. The fraction of sp³-hybridized carbons (Fsp3) is 0.333. The Bertz CT molecular complexity index is 579.